The minimum Gasteiger partial charge on any atom is -0.481 e. The number of carboxylic acids is 1. The highest BCUT2D eigenvalue weighted by molar-refractivity contribution is 5.75. The maximum Gasteiger partial charge on any atom is 0.315 e. The molecule has 2 atom stereocenters. The van der Waals surface area contributed by atoms with Crippen molar-refractivity contribution in [3.8, 4) is 0 Å². The average Bonchev–Trinajstić information content (AvgIpc) is 2.23. The molecule has 0 saturated heterocycles. The maximum absolute atomic E-state index is 11.8. The molecule has 0 fully saturated rings. The summed E-state index contributed by atoms with van der Waals surface area (Å²) in [5.41, 5.74) is -0.0449. The second-order valence-corrected chi connectivity index (χ2v) is 6.47. The highest BCUT2D eigenvalue weighted by Gasteiger charge is 2.22. The van der Waals surface area contributed by atoms with Crippen molar-refractivity contribution in [2.24, 2.45) is 11.3 Å². The van der Waals surface area contributed by atoms with E-state index < -0.39 is 5.97 Å². The number of methoxy groups -OCH3 is 1. The van der Waals surface area contributed by atoms with Crippen LogP contribution >= 0.6 is 0 Å². The highest BCUT2D eigenvalue weighted by atomic mass is 16.5. The molecule has 0 spiro atoms. The zero-order valence-corrected chi connectivity index (χ0v) is 13.2. The predicted molar refractivity (Wildman–Crippen MR) is 77.7 cm³/mol. The third-order valence-corrected chi connectivity index (χ3v) is 2.68. The van der Waals surface area contributed by atoms with E-state index in [1.807, 2.05) is 27.7 Å². The molecule has 2 unspecified atom stereocenters. The molecule has 0 aliphatic carbocycles. The molecule has 0 aromatic carbocycles. The lowest BCUT2D eigenvalue weighted by Crippen LogP contribution is -2.45. The molecule has 0 aliphatic rings. The van der Waals surface area contributed by atoms with Crippen molar-refractivity contribution in [2.45, 2.75) is 46.6 Å². The second kappa shape index (κ2) is 8.79. The number of urea groups is 1. The van der Waals surface area contributed by atoms with Gasteiger partial charge in [0, 0.05) is 19.7 Å². The summed E-state index contributed by atoms with van der Waals surface area (Å²) in [4.78, 5) is 22.6. The first-order valence-electron chi connectivity index (χ1n) is 6.89. The van der Waals surface area contributed by atoms with Gasteiger partial charge in [-0.05, 0) is 17.8 Å². The lowest BCUT2D eigenvalue weighted by atomic mass is 9.87. The van der Waals surface area contributed by atoms with Crippen LogP contribution < -0.4 is 10.6 Å². The van der Waals surface area contributed by atoms with E-state index in [0.29, 0.717) is 19.6 Å². The van der Waals surface area contributed by atoms with Crippen LogP contribution in [0.2, 0.25) is 0 Å². The van der Waals surface area contributed by atoms with Crippen LogP contribution in [-0.2, 0) is 9.53 Å². The number of nitrogens with one attached hydrogen (secondary N) is 2. The first kappa shape index (κ1) is 18.7. The molecule has 20 heavy (non-hydrogen) atoms. The minimum absolute atomic E-state index is 0.0449. The monoisotopic (exact) mass is 288 g/mol. The van der Waals surface area contributed by atoms with Gasteiger partial charge in [0.15, 0.2) is 0 Å². The number of carboxylic acid groups (broad SMARTS) is 1. The molecule has 2 amide bonds. The Balaban J connectivity index is 4.28. The Labute approximate surface area is 121 Å². The van der Waals surface area contributed by atoms with Crippen molar-refractivity contribution in [2.75, 3.05) is 20.3 Å². The van der Waals surface area contributed by atoms with Crippen molar-refractivity contribution in [1.29, 1.82) is 0 Å². The smallest absolute Gasteiger partial charge is 0.315 e. The molecule has 6 nitrogen and oxygen atoms in total. The van der Waals surface area contributed by atoms with Crippen LogP contribution in [0, 0.1) is 11.3 Å². The Morgan fingerprint density at radius 3 is 2.35 bits per heavy atom. The zero-order valence-electron chi connectivity index (χ0n) is 13.2. The predicted octanol–water partition coefficient (Wildman–Crippen LogP) is 1.85. The van der Waals surface area contributed by atoms with Gasteiger partial charge in [-0.25, -0.2) is 4.79 Å². The van der Waals surface area contributed by atoms with E-state index in [2.05, 4.69) is 10.6 Å². The van der Waals surface area contributed by atoms with Crippen LogP contribution in [0.1, 0.15) is 40.5 Å². The fraction of sp³-hybridized carbons (Fsp3) is 0.857. The molecule has 6 heteroatoms. The van der Waals surface area contributed by atoms with Gasteiger partial charge in [0.25, 0.3) is 0 Å². The summed E-state index contributed by atoms with van der Waals surface area (Å²) in [5.74, 6) is -0.696. The summed E-state index contributed by atoms with van der Waals surface area (Å²) in [6.45, 7) is 9.08. The molecule has 0 aromatic heterocycles. The first-order valence-corrected chi connectivity index (χ1v) is 6.89. The zero-order chi connectivity index (χ0) is 15.8. The van der Waals surface area contributed by atoms with Crippen LogP contribution in [0.15, 0.2) is 0 Å². The summed E-state index contributed by atoms with van der Waals surface area (Å²) in [6.07, 6.45) is 0.540. The Kier molecular flexibility index (Phi) is 8.22. The number of aliphatic carboxylic acids is 1. The molecule has 0 aromatic rings. The number of rotatable bonds is 8. The number of carbonyl (C=O) groups is 2. The number of ether oxygens (including phenoxy) is 1. The standard InChI is InChI=1S/C14H28N2O4/c1-10(9-20-5)8-15-13(19)16-11(6-12(17)18)7-14(2,3)4/h10-11H,6-9H2,1-5H3,(H,17,18)(H2,15,16,19). The third kappa shape index (κ3) is 10.6. The van der Waals surface area contributed by atoms with Crippen molar-refractivity contribution in [1.82, 2.24) is 10.6 Å². The normalized spacial score (nSPS) is 14.4. The summed E-state index contributed by atoms with van der Waals surface area (Å²) < 4.78 is 4.99. The fourth-order valence-electron chi connectivity index (χ4n) is 1.97. The lowest BCUT2D eigenvalue weighted by Gasteiger charge is -2.26. The molecular formula is C14H28N2O4. The molecule has 0 radical (unpaired) electrons. The van der Waals surface area contributed by atoms with Crippen molar-refractivity contribution in [3.63, 3.8) is 0 Å². The van der Waals surface area contributed by atoms with Crippen LogP contribution in [0.25, 0.3) is 0 Å². The van der Waals surface area contributed by atoms with Gasteiger partial charge in [-0.2, -0.15) is 0 Å². The Hall–Kier alpha value is -1.30. The van der Waals surface area contributed by atoms with Crippen molar-refractivity contribution in [3.05, 3.63) is 0 Å². The SMILES string of the molecule is COCC(C)CNC(=O)NC(CC(=O)O)CC(C)(C)C. The van der Waals surface area contributed by atoms with E-state index in [1.165, 1.54) is 0 Å². The molecule has 0 aliphatic heterocycles. The molecule has 3 N–H and O–H groups in total. The quantitative estimate of drug-likeness (QED) is 0.636. The van der Waals surface area contributed by atoms with Gasteiger partial charge in [-0.1, -0.05) is 27.7 Å². The van der Waals surface area contributed by atoms with Gasteiger partial charge in [0.05, 0.1) is 13.0 Å². The van der Waals surface area contributed by atoms with E-state index >= 15 is 0 Å². The summed E-state index contributed by atoms with van der Waals surface area (Å²) >= 11 is 0. The minimum atomic E-state index is -0.910. The van der Waals surface area contributed by atoms with E-state index in [4.69, 9.17) is 9.84 Å². The molecule has 0 bridgehead atoms. The number of amides is 2. The molecule has 0 heterocycles. The summed E-state index contributed by atoms with van der Waals surface area (Å²) in [7, 11) is 1.61. The number of hydrogen-bond donors (Lipinski definition) is 3. The van der Waals surface area contributed by atoms with Crippen molar-refractivity contribution < 1.29 is 19.4 Å². The topological polar surface area (TPSA) is 87.7 Å². The number of hydrogen-bond acceptors (Lipinski definition) is 3. The molecule has 0 rings (SSSR count). The van der Waals surface area contributed by atoms with Crippen molar-refractivity contribution >= 4 is 12.0 Å². The fourth-order valence-corrected chi connectivity index (χ4v) is 1.97. The maximum atomic E-state index is 11.8. The van der Waals surface area contributed by atoms with Gasteiger partial charge < -0.3 is 20.5 Å². The Morgan fingerprint density at radius 2 is 1.90 bits per heavy atom. The van der Waals surface area contributed by atoms with Gasteiger partial charge in [0.2, 0.25) is 0 Å². The average molecular weight is 288 g/mol. The van der Waals surface area contributed by atoms with E-state index in [9.17, 15) is 9.59 Å². The lowest BCUT2D eigenvalue weighted by molar-refractivity contribution is -0.137. The van der Waals surface area contributed by atoms with Crippen LogP contribution in [-0.4, -0.2) is 43.4 Å². The van der Waals surface area contributed by atoms with Gasteiger partial charge in [-0.3, -0.25) is 4.79 Å². The molecular weight excluding hydrogens is 260 g/mol. The number of carbonyl (C=O) groups excluding carboxylic acids is 1. The van der Waals surface area contributed by atoms with E-state index in [1.54, 1.807) is 7.11 Å². The molecule has 0 saturated carbocycles. The second-order valence-electron chi connectivity index (χ2n) is 6.47. The van der Waals surface area contributed by atoms with E-state index in [-0.39, 0.29) is 29.8 Å². The van der Waals surface area contributed by atoms with Gasteiger partial charge >= 0.3 is 12.0 Å². The third-order valence-electron chi connectivity index (χ3n) is 2.68. The first-order chi connectivity index (χ1) is 9.14. The van der Waals surface area contributed by atoms with Gasteiger partial charge in [-0.15, -0.1) is 0 Å². The van der Waals surface area contributed by atoms with Crippen LogP contribution in [0.4, 0.5) is 4.79 Å². The Morgan fingerprint density at radius 1 is 1.30 bits per heavy atom. The van der Waals surface area contributed by atoms with E-state index in [0.717, 1.165) is 0 Å². The van der Waals surface area contributed by atoms with Gasteiger partial charge in [0.1, 0.15) is 0 Å². The molecule has 118 valence electrons. The highest BCUT2D eigenvalue weighted by Crippen LogP contribution is 2.22. The summed E-state index contributed by atoms with van der Waals surface area (Å²) in [6, 6.07) is -0.700. The Bertz CT molecular complexity index is 313. The van der Waals surface area contributed by atoms with Crippen LogP contribution in [0.5, 0.6) is 0 Å². The van der Waals surface area contributed by atoms with Crippen LogP contribution in [0.3, 0.4) is 0 Å². The largest absolute Gasteiger partial charge is 0.481 e. The summed E-state index contributed by atoms with van der Waals surface area (Å²) in [5, 5.41) is 14.4.